The monoisotopic (exact) mass is 258 g/mol. The van der Waals surface area contributed by atoms with E-state index in [1.165, 1.54) is 11.3 Å². The van der Waals surface area contributed by atoms with E-state index in [9.17, 15) is 9.90 Å². The van der Waals surface area contributed by atoms with Crippen LogP contribution in [0.15, 0.2) is 24.3 Å². The number of carboxylic acid groups (broad SMARTS) is 1. The Labute approximate surface area is 108 Å². The first kappa shape index (κ1) is 12.1. The molecule has 0 aliphatic carbocycles. The first-order chi connectivity index (χ1) is 8.54. The minimum Gasteiger partial charge on any atom is -0.478 e. The lowest BCUT2D eigenvalue weighted by atomic mass is 10.0. The number of benzene rings is 1. The minimum atomic E-state index is -1.06. The molecule has 2 aromatic rings. The van der Waals surface area contributed by atoms with Crippen LogP contribution < -0.4 is 5.73 Å². The summed E-state index contributed by atoms with van der Waals surface area (Å²) in [7, 11) is 0. The van der Waals surface area contributed by atoms with Crippen LogP contribution in [-0.4, -0.2) is 11.1 Å². The zero-order valence-corrected chi connectivity index (χ0v) is 10.4. The van der Waals surface area contributed by atoms with Gasteiger partial charge in [0.1, 0.15) is 10.9 Å². The second-order valence-corrected chi connectivity index (χ2v) is 4.88. The number of thiophene rings is 1. The summed E-state index contributed by atoms with van der Waals surface area (Å²) in [5, 5.41) is 18.1. The Morgan fingerprint density at radius 1 is 1.39 bits per heavy atom. The van der Waals surface area contributed by atoms with Gasteiger partial charge in [0.05, 0.1) is 5.56 Å². The maximum absolute atomic E-state index is 11.3. The van der Waals surface area contributed by atoms with E-state index < -0.39 is 5.97 Å². The fourth-order valence-electron chi connectivity index (χ4n) is 1.70. The highest BCUT2D eigenvalue weighted by Gasteiger charge is 2.18. The molecule has 90 valence electrons. The van der Waals surface area contributed by atoms with Crippen molar-refractivity contribution in [3.05, 3.63) is 40.3 Å². The second-order valence-electron chi connectivity index (χ2n) is 3.80. The van der Waals surface area contributed by atoms with Crippen LogP contribution >= 0.6 is 11.3 Å². The Morgan fingerprint density at radius 3 is 2.67 bits per heavy atom. The topological polar surface area (TPSA) is 87.1 Å². The van der Waals surface area contributed by atoms with Crippen molar-refractivity contribution in [3.8, 4) is 16.5 Å². The van der Waals surface area contributed by atoms with Crippen molar-refractivity contribution >= 4 is 23.0 Å². The van der Waals surface area contributed by atoms with Gasteiger partial charge in [-0.3, -0.25) is 0 Å². The van der Waals surface area contributed by atoms with Crippen LogP contribution in [0.25, 0.3) is 10.4 Å². The van der Waals surface area contributed by atoms with Gasteiger partial charge in [-0.1, -0.05) is 12.1 Å². The van der Waals surface area contributed by atoms with Crippen molar-refractivity contribution in [2.45, 2.75) is 6.92 Å². The molecule has 0 spiro atoms. The Balaban J connectivity index is 2.68. The highest BCUT2D eigenvalue weighted by Crippen LogP contribution is 2.34. The maximum atomic E-state index is 11.3. The van der Waals surface area contributed by atoms with E-state index in [1.807, 2.05) is 6.07 Å². The molecule has 5 heteroatoms. The fraction of sp³-hybridized carbons (Fsp3) is 0.0769. The van der Waals surface area contributed by atoms with Crippen molar-refractivity contribution in [2.24, 2.45) is 0 Å². The number of nitrogens with two attached hydrogens (primary N) is 1. The van der Waals surface area contributed by atoms with Gasteiger partial charge in [-0.2, -0.15) is 5.26 Å². The number of nitrogen functional groups attached to an aromatic ring is 1. The normalized spacial score (nSPS) is 10.0. The standard InChI is InChI=1S/C13H10N2O2S/c1-7-2-4-9(11(12(7)15)13(16)17)10-5-3-8(6-14)18-10/h2-5H,15H2,1H3,(H,16,17). The van der Waals surface area contributed by atoms with E-state index in [0.29, 0.717) is 10.4 Å². The van der Waals surface area contributed by atoms with Gasteiger partial charge in [-0.15, -0.1) is 11.3 Å². The molecular weight excluding hydrogens is 248 g/mol. The summed E-state index contributed by atoms with van der Waals surface area (Å²) in [5.74, 6) is -1.06. The second kappa shape index (κ2) is 4.51. The molecule has 0 saturated heterocycles. The average molecular weight is 258 g/mol. The highest BCUT2D eigenvalue weighted by atomic mass is 32.1. The SMILES string of the molecule is Cc1ccc(-c2ccc(C#N)s2)c(C(=O)O)c1N. The summed E-state index contributed by atoms with van der Waals surface area (Å²) in [4.78, 5) is 12.6. The minimum absolute atomic E-state index is 0.0985. The van der Waals surface area contributed by atoms with E-state index >= 15 is 0 Å². The molecule has 0 unspecified atom stereocenters. The summed E-state index contributed by atoms with van der Waals surface area (Å²) in [5.41, 5.74) is 7.47. The molecular formula is C13H10N2O2S. The molecule has 2 rings (SSSR count). The van der Waals surface area contributed by atoms with Crippen LogP contribution in [0.1, 0.15) is 20.8 Å². The summed E-state index contributed by atoms with van der Waals surface area (Å²) in [6, 6.07) is 8.94. The molecule has 0 fully saturated rings. The van der Waals surface area contributed by atoms with Gasteiger partial charge in [0.2, 0.25) is 0 Å². The fourth-order valence-corrected chi connectivity index (χ4v) is 2.54. The van der Waals surface area contributed by atoms with E-state index in [0.717, 1.165) is 10.4 Å². The van der Waals surface area contributed by atoms with Crippen molar-refractivity contribution in [1.82, 2.24) is 0 Å². The van der Waals surface area contributed by atoms with Crippen LogP contribution in [0, 0.1) is 18.3 Å². The predicted octanol–water partition coefficient (Wildman–Crippen LogP) is 2.88. The van der Waals surface area contributed by atoms with E-state index in [1.54, 1.807) is 31.2 Å². The number of rotatable bonds is 2. The lowest BCUT2D eigenvalue weighted by molar-refractivity contribution is 0.0699. The van der Waals surface area contributed by atoms with Gasteiger partial charge in [0, 0.05) is 16.1 Å². The first-order valence-corrected chi connectivity index (χ1v) is 5.99. The van der Waals surface area contributed by atoms with Crippen LogP contribution in [0.4, 0.5) is 5.69 Å². The van der Waals surface area contributed by atoms with E-state index in [-0.39, 0.29) is 11.3 Å². The van der Waals surface area contributed by atoms with Gasteiger partial charge in [0.15, 0.2) is 0 Å². The molecule has 0 amide bonds. The van der Waals surface area contributed by atoms with Gasteiger partial charge in [0.25, 0.3) is 0 Å². The van der Waals surface area contributed by atoms with Crippen LogP contribution in [-0.2, 0) is 0 Å². The van der Waals surface area contributed by atoms with Crippen LogP contribution in [0.5, 0.6) is 0 Å². The lowest BCUT2D eigenvalue weighted by Gasteiger charge is -2.09. The van der Waals surface area contributed by atoms with E-state index in [2.05, 4.69) is 0 Å². The number of anilines is 1. The number of carbonyl (C=O) groups is 1. The Hall–Kier alpha value is -2.32. The number of hydrogen-bond donors (Lipinski definition) is 2. The highest BCUT2D eigenvalue weighted by molar-refractivity contribution is 7.16. The molecule has 4 nitrogen and oxygen atoms in total. The molecule has 0 radical (unpaired) electrons. The Kier molecular flexibility index (Phi) is 3.04. The van der Waals surface area contributed by atoms with Crippen LogP contribution in [0.2, 0.25) is 0 Å². The first-order valence-electron chi connectivity index (χ1n) is 5.17. The number of aromatic carboxylic acids is 1. The number of hydrogen-bond acceptors (Lipinski definition) is 4. The molecule has 0 aliphatic heterocycles. The quantitative estimate of drug-likeness (QED) is 0.811. The third-order valence-corrected chi connectivity index (χ3v) is 3.68. The number of nitrogens with zero attached hydrogens (tertiary/aromatic N) is 1. The third-order valence-electron chi connectivity index (χ3n) is 2.66. The maximum Gasteiger partial charge on any atom is 0.338 e. The molecule has 1 aromatic heterocycles. The molecule has 1 aromatic carbocycles. The van der Waals surface area contributed by atoms with E-state index in [4.69, 9.17) is 11.0 Å². The number of carboxylic acids is 1. The lowest BCUT2D eigenvalue weighted by Crippen LogP contribution is -2.06. The molecule has 0 atom stereocenters. The molecule has 0 aliphatic rings. The smallest absolute Gasteiger partial charge is 0.338 e. The summed E-state index contributed by atoms with van der Waals surface area (Å²) in [6.07, 6.45) is 0. The van der Waals surface area contributed by atoms with Gasteiger partial charge in [-0.25, -0.2) is 4.79 Å². The summed E-state index contributed by atoms with van der Waals surface area (Å²) >= 11 is 1.25. The van der Waals surface area contributed by atoms with Gasteiger partial charge < -0.3 is 10.8 Å². The summed E-state index contributed by atoms with van der Waals surface area (Å²) < 4.78 is 0. The van der Waals surface area contributed by atoms with Crippen molar-refractivity contribution < 1.29 is 9.90 Å². The van der Waals surface area contributed by atoms with Crippen LogP contribution in [0.3, 0.4) is 0 Å². The number of nitriles is 1. The largest absolute Gasteiger partial charge is 0.478 e. The van der Waals surface area contributed by atoms with Gasteiger partial charge >= 0.3 is 5.97 Å². The number of aryl methyl sites for hydroxylation is 1. The molecule has 3 N–H and O–H groups in total. The van der Waals surface area contributed by atoms with Crippen molar-refractivity contribution in [1.29, 1.82) is 5.26 Å². The Morgan fingerprint density at radius 2 is 2.11 bits per heavy atom. The summed E-state index contributed by atoms with van der Waals surface area (Å²) in [6.45, 7) is 1.76. The average Bonchev–Trinajstić information content (AvgIpc) is 2.80. The molecule has 0 bridgehead atoms. The molecule has 18 heavy (non-hydrogen) atoms. The molecule has 0 saturated carbocycles. The predicted molar refractivity (Wildman–Crippen MR) is 70.6 cm³/mol. The zero-order chi connectivity index (χ0) is 13.3. The van der Waals surface area contributed by atoms with Crippen molar-refractivity contribution in [2.75, 3.05) is 5.73 Å². The molecule has 1 heterocycles. The van der Waals surface area contributed by atoms with Crippen molar-refractivity contribution in [3.63, 3.8) is 0 Å². The Bertz CT molecular complexity index is 668. The third kappa shape index (κ3) is 1.94. The zero-order valence-electron chi connectivity index (χ0n) is 9.60. The van der Waals surface area contributed by atoms with Gasteiger partial charge in [-0.05, 0) is 24.6 Å².